The van der Waals surface area contributed by atoms with Crippen LogP contribution in [-0.4, -0.2) is 56.8 Å². The van der Waals surface area contributed by atoms with Crippen LogP contribution < -0.4 is 67.3 Å². The predicted molar refractivity (Wildman–Crippen MR) is 131 cm³/mol. The van der Waals surface area contributed by atoms with E-state index in [1.807, 2.05) is 5.32 Å². The maximum Gasteiger partial charge on any atom is 1.00 e. The normalized spacial score (nSPS) is 12.7. The number of imide groups is 1. The van der Waals surface area contributed by atoms with E-state index in [-0.39, 0.29) is 97.6 Å². The number of hydrogen-bond donors (Lipinski definition) is 5. The third-order valence-corrected chi connectivity index (χ3v) is 7.18. The molecule has 0 aromatic heterocycles. The van der Waals surface area contributed by atoms with Crippen LogP contribution in [0.4, 0.5) is 11.4 Å². The minimum Gasteiger partial charge on any atom is -0.382 e. The zero-order chi connectivity index (χ0) is 27.8. The molecule has 0 spiro atoms. The van der Waals surface area contributed by atoms with Crippen molar-refractivity contribution < 1.29 is 91.7 Å². The maximum atomic E-state index is 12.4. The van der Waals surface area contributed by atoms with Crippen LogP contribution >= 0.6 is 0 Å². The Morgan fingerprint density at radius 1 is 0.949 bits per heavy atom. The Labute approximate surface area is 262 Å². The number of hydrogen-bond acceptors (Lipinski definition) is 9. The second-order valence-corrected chi connectivity index (χ2v) is 10.7. The third-order valence-electron chi connectivity index (χ3n) is 5.47. The van der Waals surface area contributed by atoms with Crippen LogP contribution in [0.5, 0.6) is 0 Å². The van der Waals surface area contributed by atoms with E-state index in [1.165, 1.54) is 24.3 Å². The molecule has 39 heavy (non-hydrogen) atoms. The zero-order valence-electron chi connectivity index (χ0n) is 19.9. The van der Waals surface area contributed by atoms with Crippen LogP contribution in [-0.2, 0) is 20.2 Å². The number of amides is 3. The van der Waals surface area contributed by atoms with Gasteiger partial charge in [-0.25, -0.2) is 0 Å². The van der Waals surface area contributed by atoms with Gasteiger partial charge in [0.1, 0.15) is 4.90 Å². The number of benzene rings is 3. The predicted octanol–water partition coefficient (Wildman–Crippen LogP) is -0.995. The van der Waals surface area contributed by atoms with Gasteiger partial charge in [0, 0.05) is 51.2 Å². The van der Waals surface area contributed by atoms with E-state index in [2.05, 4.69) is 20.7 Å². The molecule has 0 saturated carbocycles. The summed E-state index contributed by atoms with van der Waals surface area (Å²) in [7, 11) is -9.88. The Morgan fingerprint density at radius 2 is 1.56 bits per heavy atom. The first-order chi connectivity index (χ1) is 17.8. The van der Waals surface area contributed by atoms with E-state index in [9.17, 15) is 40.3 Å². The fourth-order valence-corrected chi connectivity index (χ4v) is 5.08. The second kappa shape index (κ2) is 11.7. The number of nitrogens with one attached hydrogen (secondary N) is 3. The molecule has 0 saturated heterocycles. The molecular weight excluding hydrogens is 583 g/mol. The Balaban J connectivity index is 0.00000420. The molecule has 0 atom stereocenters. The number of carbonyl (C=O) groups excluding carboxylic acids is 3. The van der Waals surface area contributed by atoms with E-state index >= 15 is 0 Å². The molecule has 0 aliphatic carbocycles. The maximum absolute atomic E-state index is 12.4. The van der Waals surface area contributed by atoms with Crippen molar-refractivity contribution in [2.75, 3.05) is 18.4 Å². The standard InChI is InChI=1S/C21H16N6O9S2.K/c22-27-26-11-3-1-10(2-4-11)19(28)24-6-5-23-18-13-7-12(37(31,32)33)8-14-17(13)15(21(30)25-20(14)29)9-16(18)38(34,35)36;/h1-4,7-9,23H,5-6H2,(H,24,28)(H,25,29,30)(H,31,32,33)(H,34,35,36);/q;+1. The van der Waals surface area contributed by atoms with E-state index in [0.29, 0.717) is 5.69 Å². The van der Waals surface area contributed by atoms with Crippen molar-refractivity contribution in [3.05, 3.63) is 69.6 Å². The van der Waals surface area contributed by atoms with Crippen molar-refractivity contribution in [3.63, 3.8) is 0 Å². The van der Waals surface area contributed by atoms with Crippen LogP contribution in [0.25, 0.3) is 21.2 Å². The van der Waals surface area contributed by atoms with Crippen LogP contribution in [0.3, 0.4) is 0 Å². The number of nitrogens with zero attached hydrogens (tertiary/aromatic N) is 3. The van der Waals surface area contributed by atoms with Gasteiger partial charge in [-0.1, -0.05) is 17.2 Å². The van der Waals surface area contributed by atoms with Crippen molar-refractivity contribution in [2.24, 2.45) is 5.11 Å². The molecule has 3 aromatic carbocycles. The summed E-state index contributed by atoms with van der Waals surface area (Å²) < 4.78 is 67.4. The summed E-state index contributed by atoms with van der Waals surface area (Å²) >= 11 is 0. The molecule has 0 unspecified atom stereocenters. The van der Waals surface area contributed by atoms with Gasteiger partial charge in [0.25, 0.3) is 38.0 Å². The van der Waals surface area contributed by atoms with Crippen LogP contribution in [0.1, 0.15) is 31.1 Å². The number of rotatable bonds is 8. The summed E-state index contributed by atoms with van der Waals surface area (Å²) in [5.74, 6) is -2.49. The van der Waals surface area contributed by atoms with Gasteiger partial charge in [-0.2, -0.15) is 16.8 Å². The first-order valence-electron chi connectivity index (χ1n) is 10.4. The minimum atomic E-state index is -5.00. The molecule has 4 rings (SSSR count). The van der Waals surface area contributed by atoms with Gasteiger partial charge >= 0.3 is 51.4 Å². The molecule has 18 heteroatoms. The summed E-state index contributed by atoms with van der Waals surface area (Å²) in [6, 6.07) is 8.16. The fraction of sp³-hybridized carbons (Fsp3) is 0.0952. The molecule has 0 radical (unpaired) electrons. The molecule has 15 nitrogen and oxygen atoms in total. The average Bonchev–Trinajstić information content (AvgIpc) is 2.84. The summed E-state index contributed by atoms with van der Waals surface area (Å²) in [6.45, 7) is -0.263. The van der Waals surface area contributed by atoms with Crippen LogP contribution in [0, 0.1) is 0 Å². The molecule has 1 aliphatic heterocycles. The molecule has 196 valence electrons. The van der Waals surface area contributed by atoms with Crippen LogP contribution in [0.2, 0.25) is 0 Å². The number of azide groups is 1. The summed E-state index contributed by atoms with van der Waals surface area (Å²) in [4.78, 5) is 38.3. The van der Waals surface area contributed by atoms with Crippen molar-refractivity contribution >= 4 is 60.1 Å². The van der Waals surface area contributed by atoms with Gasteiger partial charge in [-0.05, 0) is 35.9 Å². The molecule has 0 bridgehead atoms. The Kier molecular flexibility index (Phi) is 9.18. The van der Waals surface area contributed by atoms with E-state index in [4.69, 9.17) is 5.53 Å². The van der Waals surface area contributed by atoms with Gasteiger partial charge in [0.05, 0.1) is 10.6 Å². The average molecular weight is 600 g/mol. The summed E-state index contributed by atoms with van der Waals surface area (Å²) in [6.07, 6.45) is 0. The van der Waals surface area contributed by atoms with Crippen LogP contribution in [0.15, 0.2) is 57.4 Å². The monoisotopic (exact) mass is 599 g/mol. The molecule has 1 aliphatic rings. The SMILES string of the molecule is [K+].[N-]=[N+]=Nc1ccc(C(=O)NCCNc2c(S(=O)(=O)O)cc3c4c(cc(S(=O)(=O)O)cc24)C(=O)NC3=O)cc1. The van der Waals surface area contributed by atoms with E-state index in [0.717, 1.165) is 18.2 Å². The van der Waals surface area contributed by atoms with Gasteiger partial charge in [0.2, 0.25) is 0 Å². The van der Waals surface area contributed by atoms with Crippen molar-refractivity contribution in [1.82, 2.24) is 10.6 Å². The Bertz CT molecular complexity index is 1780. The number of anilines is 1. The molecule has 3 aromatic rings. The second-order valence-electron chi connectivity index (χ2n) is 7.84. The van der Waals surface area contributed by atoms with Gasteiger partial charge < -0.3 is 10.6 Å². The molecule has 5 N–H and O–H groups in total. The Morgan fingerprint density at radius 3 is 2.13 bits per heavy atom. The quantitative estimate of drug-likeness (QED) is 0.0402. The number of carbonyl (C=O) groups is 3. The van der Waals surface area contributed by atoms with Crippen molar-refractivity contribution in [3.8, 4) is 0 Å². The molecule has 3 amide bonds. The summed E-state index contributed by atoms with van der Waals surface area (Å²) in [5.41, 5.74) is 7.94. The molecular formula is C21H16KN6O9S2+. The first-order valence-corrected chi connectivity index (χ1v) is 13.3. The van der Waals surface area contributed by atoms with E-state index in [1.54, 1.807) is 0 Å². The van der Waals surface area contributed by atoms with Gasteiger partial charge in [0.15, 0.2) is 0 Å². The molecule has 1 heterocycles. The Hall–Kier alpha value is -2.90. The van der Waals surface area contributed by atoms with Gasteiger partial charge in [-0.3, -0.25) is 28.8 Å². The topological polar surface area (TPSA) is 245 Å². The third kappa shape index (κ3) is 6.47. The fourth-order valence-electron chi connectivity index (χ4n) is 3.84. The smallest absolute Gasteiger partial charge is 0.382 e. The minimum absolute atomic E-state index is 0. The largest absolute Gasteiger partial charge is 1.00 e. The summed E-state index contributed by atoms with van der Waals surface area (Å²) in [5, 5.41) is 10.2. The molecule has 0 fully saturated rings. The first kappa shape index (κ1) is 30.6. The van der Waals surface area contributed by atoms with Crippen molar-refractivity contribution in [2.45, 2.75) is 9.79 Å². The van der Waals surface area contributed by atoms with Crippen molar-refractivity contribution in [1.29, 1.82) is 0 Å². The van der Waals surface area contributed by atoms with Gasteiger partial charge in [-0.15, -0.1) is 0 Å². The zero-order valence-corrected chi connectivity index (χ0v) is 24.6. The van der Waals surface area contributed by atoms with E-state index < -0.39 is 47.7 Å².